The lowest BCUT2D eigenvalue weighted by Crippen LogP contribution is -2.24. The maximum Gasteiger partial charge on any atom is 0.295 e. The minimum atomic E-state index is -2.72. The number of halogens is 2. The number of hydrogen-bond acceptors (Lipinski definition) is 7. The molecule has 27 heavy (non-hydrogen) atoms. The van der Waals surface area contributed by atoms with Gasteiger partial charge in [-0.2, -0.15) is 0 Å². The zero-order chi connectivity index (χ0) is 19.2. The minimum Gasteiger partial charge on any atom is -0.452 e. The van der Waals surface area contributed by atoms with Crippen molar-refractivity contribution >= 4 is 27.4 Å². The van der Waals surface area contributed by atoms with Crippen LogP contribution in [0.1, 0.15) is 30.4 Å². The van der Waals surface area contributed by atoms with E-state index in [0.717, 1.165) is 0 Å². The van der Waals surface area contributed by atoms with Gasteiger partial charge in [-0.1, -0.05) is 6.07 Å². The van der Waals surface area contributed by atoms with E-state index in [4.69, 9.17) is 10.2 Å². The Labute approximate surface area is 156 Å². The first-order chi connectivity index (χ1) is 12.9. The van der Waals surface area contributed by atoms with Crippen LogP contribution >= 0.6 is 11.3 Å². The Kier molecular flexibility index (Phi) is 4.12. The van der Waals surface area contributed by atoms with E-state index in [0.29, 0.717) is 21.5 Å². The molecule has 138 valence electrons. The summed E-state index contributed by atoms with van der Waals surface area (Å²) in [5, 5.41) is 13.3. The number of aromatic nitrogens is 3. The van der Waals surface area contributed by atoms with Crippen LogP contribution in [0, 0.1) is 0 Å². The summed E-state index contributed by atoms with van der Waals surface area (Å²) in [6, 6.07) is 7.80. The molecule has 0 amide bonds. The van der Waals surface area contributed by atoms with Crippen molar-refractivity contribution in [3.63, 3.8) is 0 Å². The number of nitrogens with two attached hydrogens (primary N) is 1. The Balaban J connectivity index is 1.82. The third-order valence-corrected chi connectivity index (χ3v) is 5.08. The number of furan rings is 1. The fourth-order valence-corrected chi connectivity index (χ4v) is 3.86. The molecule has 0 aliphatic carbocycles. The Morgan fingerprint density at radius 3 is 2.70 bits per heavy atom. The number of pyridine rings is 1. The molecule has 0 aliphatic rings. The van der Waals surface area contributed by atoms with E-state index < -0.39 is 17.8 Å². The fourth-order valence-electron chi connectivity index (χ4n) is 2.82. The molecule has 4 aromatic heterocycles. The first-order valence-electron chi connectivity index (χ1n) is 7.95. The highest BCUT2D eigenvalue weighted by molar-refractivity contribution is 7.17. The van der Waals surface area contributed by atoms with Crippen molar-refractivity contribution in [1.82, 2.24) is 15.0 Å². The van der Waals surface area contributed by atoms with E-state index in [1.54, 1.807) is 36.7 Å². The summed E-state index contributed by atoms with van der Waals surface area (Å²) in [6.07, 6.45) is -1.13. The second kappa shape index (κ2) is 6.36. The molecule has 0 aliphatic heterocycles. The average molecular weight is 388 g/mol. The zero-order valence-electron chi connectivity index (χ0n) is 14.1. The predicted molar refractivity (Wildman–Crippen MR) is 97.4 cm³/mol. The Hall–Kier alpha value is -2.91. The van der Waals surface area contributed by atoms with Gasteiger partial charge in [-0.25, -0.2) is 18.7 Å². The highest BCUT2D eigenvalue weighted by Gasteiger charge is 2.32. The van der Waals surface area contributed by atoms with E-state index in [9.17, 15) is 13.9 Å². The van der Waals surface area contributed by atoms with Crippen LogP contribution in [0.5, 0.6) is 0 Å². The second-order valence-corrected chi connectivity index (χ2v) is 6.91. The van der Waals surface area contributed by atoms with Gasteiger partial charge in [0, 0.05) is 17.1 Å². The van der Waals surface area contributed by atoms with Crippen molar-refractivity contribution in [3.8, 4) is 11.6 Å². The SMILES string of the molecule is CC(O)(c1ccccn1)c1csc2nc(-c3ccc(C(F)F)o3)nc(N)c12. The lowest BCUT2D eigenvalue weighted by molar-refractivity contribution is 0.0994. The molecule has 0 spiro atoms. The van der Waals surface area contributed by atoms with Crippen molar-refractivity contribution in [2.24, 2.45) is 0 Å². The maximum atomic E-state index is 12.7. The van der Waals surface area contributed by atoms with Crippen molar-refractivity contribution in [2.45, 2.75) is 19.0 Å². The largest absolute Gasteiger partial charge is 0.452 e. The molecule has 0 aromatic carbocycles. The summed E-state index contributed by atoms with van der Waals surface area (Å²) >= 11 is 1.26. The van der Waals surface area contributed by atoms with E-state index in [1.807, 2.05) is 0 Å². The second-order valence-electron chi connectivity index (χ2n) is 6.05. The zero-order valence-corrected chi connectivity index (χ0v) is 14.9. The van der Waals surface area contributed by atoms with Gasteiger partial charge in [-0.05, 0) is 31.2 Å². The lowest BCUT2D eigenvalue weighted by atomic mass is 9.92. The van der Waals surface area contributed by atoms with Crippen LogP contribution in [0.4, 0.5) is 14.6 Å². The van der Waals surface area contributed by atoms with Crippen molar-refractivity contribution in [2.75, 3.05) is 5.73 Å². The summed E-state index contributed by atoms with van der Waals surface area (Å²) in [7, 11) is 0. The molecule has 0 bridgehead atoms. The van der Waals surface area contributed by atoms with E-state index in [-0.39, 0.29) is 17.4 Å². The molecule has 3 N–H and O–H groups in total. The van der Waals surface area contributed by atoms with E-state index in [2.05, 4.69) is 15.0 Å². The Morgan fingerprint density at radius 2 is 2.04 bits per heavy atom. The van der Waals surface area contributed by atoms with Gasteiger partial charge in [0.2, 0.25) is 0 Å². The number of nitrogen functional groups attached to an aromatic ring is 1. The predicted octanol–water partition coefficient (Wildman–Crippen LogP) is 4.12. The van der Waals surface area contributed by atoms with Gasteiger partial charge < -0.3 is 15.3 Å². The molecule has 1 atom stereocenters. The van der Waals surface area contributed by atoms with Crippen LogP contribution in [0.2, 0.25) is 0 Å². The third kappa shape index (κ3) is 2.94. The van der Waals surface area contributed by atoms with Gasteiger partial charge in [0.15, 0.2) is 17.3 Å². The Morgan fingerprint density at radius 1 is 1.22 bits per heavy atom. The monoisotopic (exact) mass is 388 g/mol. The lowest BCUT2D eigenvalue weighted by Gasteiger charge is -2.22. The molecule has 4 rings (SSSR count). The average Bonchev–Trinajstić information content (AvgIpc) is 3.30. The summed E-state index contributed by atoms with van der Waals surface area (Å²) in [5.74, 6) is -0.127. The number of hydrogen-bond donors (Lipinski definition) is 2. The Bertz CT molecular complexity index is 1110. The molecule has 0 saturated heterocycles. The number of nitrogens with zero attached hydrogens (tertiary/aromatic N) is 3. The summed E-state index contributed by atoms with van der Waals surface area (Å²) in [5.41, 5.74) is 5.70. The number of anilines is 1. The molecular weight excluding hydrogens is 374 g/mol. The van der Waals surface area contributed by atoms with E-state index >= 15 is 0 Å². The van der Waals surface area contributed by atoms with Crippen LogP contribution in [0.15, 0.2) is 46.3 Å². The van der Waals surface area contributed by atoms with Gasteiger partial charge in [-0.15, -0.1) is 11.3 Å². The highest BCUT2D eigenvalue weighted by Crippen LogP contribution is 2.39. The molecule has 9 heteroatoms. The van der Waals surface area contributed by atoms with Gasteiger partial charge in [0.25, 0.3) is 6.43 Å². The van der Waals surface area contributed by atoms with Crippen LogP contribution in [0.3, 0.4) is 0 Å². The van der Waals surface area contributed by atoms with Gasteiger partial charge >= 0.3 is 0 Å². The van der Waals surface area contributed by atoms with Crippen LogP contribution in [-0.2, 0) is 5.60 Å². The molecule has 0 fully saturated rings. The molecule has 0 saturated carbocycles. The number of alkyl halides is 2. The standard InChI is InChI=1S/C18H14F2N4O2S/c1-18(25,12-4-2-3-7-22-12)9-8-27-17-13(9)15(21)23-16(24-17)11-6-5-10(26-11)14(19)20/h2-8,14,25H,1H3,(H2,21,23,24). The maximum absolute atomic E-state index is 12.7. The summed E-state index contributed by atoms with van der Waals surface area (Å²) in [4.78, 5) is 13.3. The first kappa shape index (κ1) is 17.5. The fraction of sp³-hybridized carbons (Fsp3) is 0.167. The van der Waals surface area contributed by atoms with Crippen LogP contribution in [-0.4, -0.2) is 20.1 Å². The number of rotatable bonds is 4. The molecular formula is C18H14F2N4O2S. The van der Waals surface area contributed by atoms with Crippen molar-refractivity contribution in [1.29, 1.82) is 0 Å². The third-order valence-electron chi connectivity index (χ3n) is 4.21. The first-order valence-corrected chi connectivity index (χ1v) is 8.83. The van der Waals surface area contributed by atoms with Gasteiger partial charge in [0.1, 0.15) is 16.2 Å². The summed E-state index contributed by atoms with van der Waals surface area (Å²) < 4.78 is 30.6. The van der Waals surface area contributed by atoms with Gasteiger partial charge in [-0.3, -0.25) is 4.98 Å². The topological polar surface area (TPSA) is 98.1 Å². The van der Waals surface area contributed by atoms with E-state index in [1.165, 1.54) is 23.5 Å². The molecule has 1 unspecified atom stereocenters. The van der Waals surface area contributed by atoms with Crippen LogP contribution < -0.4 is 5.73 Å². The quantitative estimate of drug-likeness (QED) is 0.546. The number of fused-ring (bicyclic) bond motifs is 1. The molecule has 4 aromatic rings. The normalized spacial score (nSPS) is 14.0. The molecule has 6 nitrogen and oxygen atoms in total. The smallest absolute Gasteiger partial charge is 0.295 e. The number of aliphatic hydroxyl groups is 1. The number of thiophene rings is 1. The molecule has 4 heterocycles. The van der Waals surface area contributed by atoms with Gasteiger partial charge in [0.05, 0.1) is 11.1 Å². The highest BCUT2D eigenvalue weighted by atomic mass is 32.1. The minimum absolute atomic E-state index is 0.102. The molecule has 0 radical (unpaired) electrons. The van der Waals surface area contributed by atoms with Crippen LogP contribution in [0.25, 0.3) is 21.8 Å². The van der Waals surface area contributed by atoms with Crippen molar-refractivity contribution < 1.29 is 18.3 Å². The van der Waals surface area contributed by atoms with Crippen molar-refractivity contribution in [3.05, 3.63) is 58.9 Å². The summed E-state index contributed by atoms with van der Waals surface area (Å²) in [6.45, 7) is 1.62.